The van der Waals surface area contributed by atoms with E-state index in [0.29, 0.717) is 0 Å². The Kier molecular flexibility index (Phi) is 4.91. The van der Waals surface area contributed by atoms with E-state index in [-0.39, 0.29) is 29.1 Å². The summed E-state index contributed by atoms with van der Waals surface area (Å²) >= 11 is 0. The second kappa shape index (κ2) is 6.73. The van der Waals surface area contributed by atoms with Crippen molar-refractivity contribution in [2.24, 2.45) is 21.7 Å². The normalized spacial score (nSPS) is 34.7. The third-order valence-corrected chi connectivity index (χ3v) is 7.54. The molecule has 0 aromatic rings. The summed E-state index contributed by atoms with van der Waals surface area (Å²) < 4.78 is 31.4. The van der Waals surface area contributed by atoms with E-state index >= 15 is 0 Å². The van der Waals surface area contributed by atoms with Gasteiger partial charge in [-0.3, -0.25) is 9.59 Å². The molecular formula is C21H26O10. The maximum Gasteiger partial charge on any atom is 0.338 e. The number of esters is 4. The third-order valence-electron chi connectivity index (χ3n) is 7.54. The molecule has 3 rings (SSSR count). The molecule has 2 unspecified atom stereocenters. The molecule has 3 aliphatic carbocycles. The quantitative estimate of drug-likeness (QED) is 0.418. The Bertz CT molecular complexity index is 889. The third kappa shape index (κ3) is 1.75. The van der Waals surface area contributed by atoms with Gasteiger partial charge in [0.05, 0.1) is 53.8 Å². The van der Waals surface area contributed by atoms with E-state index in [0.717, 1.165) is 14.2 Å². The van der Waals surface area contributed by atoms with Gasteiger partial charge in [0.1, 0.15) is 11.5 Å². The van der Waals surface area contributed by atoms with E-state index in [1.807, 2.05) is 0 Å². The van der Waals surface area contributed by atoms with Crippen LogP contribution in [0.15, 0.2) is 22.7 Å². The number of ether oxygens (including phenoxy) is 6. The first kappa shape index (κ1) is 22.6. The second-order valence-corrected chi connectivity index (χ2v) is 7.67. The fourth-order valence-corrected chi connectivity index (χ4v) is 6.70. The topological polar surface area (TPSA) is 124 Å². The van der Waals surface area contributed by atoms with E-state index in [1.165, 1.54) is 28.4 Å². The number of hydrogen-bond acceptors (Lipinski definition) is 10. The van der Waals surface area contributed by atoms with Gasteiger partial charge in [0.2, 0.25) is 0 Å². The predicted molar refractivity (Wildman–Crippen MR) is 102 cm³/mol. The molecule has 10 nitrogen and oxygen atoms in total. The molecular weight excluding hydrogens is 412 g/mol. The van der Waals surface area contributed by atoms with E-state index in [1.54, 1.807) is 13.8 Å². The second-order valence-electron chi connectivity index (χ2n) is 7.67. The van der Waals surface area contributed by atoms with Gasteiger partial charge in [0, 0.05) is 10.8 Å². The Morgan fingerprint density at radius 3 is 1.26 bits per heavy atom. The molecule has 0 aromatic heterocycles. The molecule has 1 fully saturated rings. The van der Waals surface area contributed by atoms with Crippen molar-refractivity contribution < 1.29 is 47.6 Å². The highest BCUT2D eigenvalue weighted by molar-refractivity contribution is 6.14. The molecule has 3 aliphatic rings. The van der Waals surface area contributed by atoms with Crippen molar-refractivity contribution in [2.45, 2.75) is 20.3 Å². The lowest BCUT2D eigenvalue weighted by Gasteiger charge is -2.35. The molecule has 170 valence electrons. The SMILES string of the molecule is CCC12C(C(=O)OC)=C(OC)C3(C(=O)OC)C(C(=O)OC)(C(OC)=C1C(=O)OC)C23C. The maximum absolute atomic E-state index is 13.4. The smallest absolute Gasteiger partial charge is 0.338 e. The lowest BCUT2D eigenvalue weighted by atomic mass is 9.64. The first-order valence-corrected chi connectivity index (χ1v) is 9.55. The summed E-state index contributed by atoms with van der Waals surface area (Å²) in [6.07, 6.45) is 0.121. The molecule has 0 spiro atoms. The van der Waals surface area contributed by atoms with Crippen molar-refractivity contribution >= 4 is 23.9 Å². The number of methoxy groups -OCH3 is 6. The highest BCUT2D eigenvalue weighted by Crippen LogP contribution is 2.99. The number of fused-ring (bicyclic) bond motifs is 1. The zero-order valence-corrected chi connectivity index (χ0v) is 18.8. The number of hydrogen-bond donors (Lipinski definition) is 0. The zero-order valence-electron chi connectivity index (χ0n) is 18.8. The van der Waals surface area contributed by atoms with Gasteiger partial charge >= 0.3 is 23.9 Å². The van der Waals surface area contributed by atoms with Crippen molar-refractivity contribution in [1.82, 2.24) is 0 Å². The van der Waals surface area contributed by atoms with Gasteiger partial charge in [-0.05, 0) is 6.42 Å². The summed E-state index contributed by atoms with van der Waals surface area (Å²) in [4.78, 5) is 52.9. The minimum absolute atomic E-state index is 0.0557. The average Bonchev–Trinajstić information content (AvgIpc) is 3.16. The lowest BCUT2D eigenvalue weighted by molar-refractivity contribution is -0.157. The van der Waals surface area contributed by atoms with Crippen molar-refractivity contribution in [3.8, 4) is 0 Å². The van der Waals surface area contributed by atoms with E-state index in [4.69, 9.17) is 28.4 Å². The van der Waals surface area contributed by atoms with Gasteiger partial charge in [-0.2, -0.15) is 0 Å². The van der Waals surface area contributed by atoms with Gasteiger partial charge in [0.15, 0.2) is 10.8 Å². The Labute approximate surface area is 179 Å². The highest BCUT2D eigenvalue weighted by atomic mass is 16.6. The average molecular weight is 438 g/mol. The minimum Gasteiger partial charge on any atom is -0.499 e. The van der Waals surface area contributed by atoms with E-state index in [9.17, 15) is 19.2 Å². The van der Waals surface area contributed by atoms with E-state index < -0.39 is 45.5 Å². The van der Waals surface area contributed by atoms with Crippen LogP contribution in [0.1, 0.15) is 20.3 Å². The van der Waals surface area contributed by atoms with E-state index in [2.05, 4.69) is 0 Å². The number of rotatable bonds is 7. The molecule has 0 N–H and O–H groups in total. The summed E-state index contributed by atoms with van der Waals surface area (Å²) in [6.45, 7) is 3.34. The summed E-state index contributed by atoms with van der Waals surface area (Å²) in [5.74, 6) is -3.51. The monoisotopic (exact) mass is 438 g/mol. The molecule has 0 radical (unpaired) electrons. The Morgan fingerprint density at radius 1 is 0.677 bits per heavy atom. The summed E-state index contributed by atoms with van der Waals surface area (Å²) in [5, 5.41) is 0. The number of carbonyl (C=O) groups is 4. The fraction of sp³-hybridized carbons (Fsp3) is 0.619. The first-order valence-electron chi connectivity index (χ1n) is 9.55. The molecule has 2 atom stereocenters. The van der Waals surface area contributed by atoms with Crippen LogP contribution in [0.5, 0.6) is 0 Å². The molecule has 0 saturated heterocycles. The standard InChI is InChI=1S/C21H26O10/c1-9-19-10(14(22)28-5)12(26-3)20(16(24)30-7)18(19,2)21(20,17(25)31-8)13(27-4)11(19)15(23)29-6/h9H2,1-8H3. The van der Waals surface area contributed by atoms with Crippen LogP contribution < -0.4 is 0 Å². The van der Waals surface area contributed by atoms with Crippen molar-refractivity contribution in [2.75, 3.05) is 42.7 Å². The van der Waals surface area contributed by atoms with Gasteiger partial charge in [-0.1, -0.05) is 13.8 Å². The summed E-state index contributed by atoms with van der Waals surface area (Å²) in [6, 6.07) is 0. The summed E-state index contributed by atoms with van der Waals surface area (Å²) in [5.41, 5.74) is -6.66. The molecule has 0 bridgehead atoms. The summed E-state index contributed by atoms with van der Waals surface area (Å²) in [7, 11) is 7.20. The van der Waals surface area contributed by atoms with Crippen molar-refractivity contribution in [1.29, 1.82) is 0 Å². The van der Waals surface area contributed by atoms with Crippen LogP contribution in [0, 0.1) is 21.7 Å². The Morgan fingerprint density at radius 2 is 1.03 bits per heavy atom. The predicted octanol–water partition coefficient (Wildman–Crippen LogP) is 0.896. The Hall–Kier alpha value is -3.04. The van der Waals surface area contributed by atoms with Gasteiger partial charge in [-0.15, -0.1) is 0 Å². The van der Waals surface area contributed by atoms with Crippen LogP contribution in [0.2, 0.25) is 0 Å². The van der Waals surface area contributed by atoms with Crippen molar-refractivity contribution in [3.63, 3.8) is 0 Å². The largest absolute Gasteiger partial charge is 0.499 e. The highest BCUT2D eigenvalue weighted by Gasteiger charge is 3.08. The maximum atomic E-state index is 13.4. The lowest BCUT2D eigenvalue weighted by Crippen LogP contribution is -2.39. The van der Waals surface area contributed by atoms with Crippen LogP contribution in [-0.2, 0) is 47.6 Å². The van der Waals surface area contributed by atoms with Crippen LogP contribution >= 0.6 is 0 Å². The van der Waals surface area contributed by atoms with Crippen LogP contribution in [0.25, 0.3) is 0 Å². The fourth-order valence-electron chi connectivity index (χ4n) is 6.70. The van der Waals surface area contributed by atoms with Gasteiger partial charge < -0.3 is 28.4 Å². The molecule has 0 aromatic carbocycles. The minimum atomic E-state index is -1.81. The van der Waals surface area contributed by atoms with Crippen molar-refractivity contribution in [3.05, 3.63) is 22.7 Å². The molecule has 31 heavy (non-hydrogen) atoms. The zero-order chi connectivity index (χ0) is 23.6. The molecule has 10 heteroatoms. The number of carbonyl (C=O) groups excluding carboxylic acids is 4. The van der Waals surface area contributed by atoms with Gasteiger partial charge in [0.25, 0.3) is 0 Å². The molecule has 0 aliphatic heterocycles. The van der Waals surface area contributed by atoms with Crippen LogP contribution in [-0.4, -0.2) is 66.5 Å². The molecule has 0 amide bonds. The molecule has 1 saturated carbocycles. The first-order chi connectivity index (χ1) is 14.6. The Balaban J connectivity index is 2.65. The van der Waals surface area contributed by atoms with Crippen LogP contribution in [0.4, 0.5) is 0 Å². The van der Waals surface area contributed by atoms with Crippen LogP contribution in [0.3, 0.4) is 0 Å². The molecule has 0 heterocycles. The van der Waals surface area contributed by atoms with Gasteiger partial charge in [-0.25, -0.2) is 9.59 Å².